The molecule has 28 heavy (non-hydrogen) atoms. The van der Waals surface area contributed by atoms with Crippen LogP contribution >= 0.6 is 11.8 Å². The van der Waals surface area contributed by atoms with E-state index in [0.29, 0.717) is 23.9 Å². The molecule has 146 valence electrons. The number of aromatic nitrogens is 4. The van der Waals surface area contributed by atoms with Crippen molar-refractivity contribution in [3.05, 3.63) is 65.5 Å². The zero-order valence-electron chi connectivity index (χ0n) is 15.9. The zero-order chi connectivity index (χ0) is 19.9. The maximum absolute atomic E-state index is 13.5. The lowest BCUT2D eigenvalue weighted by Crippen LogP contribution is -2.32. The van der Waals surface area contributed by atoms with Crippen LogP contribution in [0.3, 0.4) is 0 Å². The SMILES string of the molecule is CCCN(Cc1ccc(C)cc1)C(=O)CSc1nnnn1-c1cccc(F)c1. The fraction of sp³-hybridized carbons (Fsp3) is 0.300. The van der Waals surface area contributed by atoms with Crippen LogP contribution in [0.5, 0.6) is 0 Å². The molecule has 1 heterocycles. The Morgan fingerprint density at radius 2 is 2.00 bits per heavy atom. The van der Waals surface area contributed by atoms with Crippen molar-refractivity contribution in [3.8, 4) is 5.69 Å². The minimum absolute atomic E-state index is 0.0150. The Bertz CT molecular complexity index is 928. The highest BCUT2D eigenvalue weighted by atomic mass is 32.2. The summed E-state index contributed by atoms with van der Waals surface area (Å²) < 4.78 is 14.9. The Morgan fingerprint density at radius 3 is 2.71 bits per heavy atom. The normalized spacial score (nSPS) is 10.8. The Hall–Kier alpha value is -2.74. The molecule has 3 rings (SSSR count). The van der Waals surface area contributed by atoms with Gasteiger partial charge in [0.1, 0.15) is 5.82 Å². The number of aryl methyl sites for hydroxylation is 1. The second-order valence-corrected chi connectivity index (χ2v) is 7.39. The van der Waals surface area contributed by atoms with Crippen LogP contribution in [0.1, 0.15) is 24.5 Å². The molecule has 6 nitrogen and oxygen atoms in total. The van der Waals surface area contributed by atoms with Gasteiger partial charge in [0.05, 0.1) is 11.4 Å². The quantitative estimate of drug-likeness (QED) is 0.541. The van der Waals surface area contributed by atoms with Crippen LogP contribution in [-0.4, -0.2) is 43.3 Å². The first-order valence-corrected chi connectivity index (χ1v) is 10.1. The van der Waals surface area contributed by atoms with Crippen LogP contribution in [0.4, 0.5) is 4.39 Å². The van der Waals surface area contributed by atoms with E-state index in [4.69, 9.17) is 0 Å². The van der Waals surface area contributed by atoms with Gasteiger partial charge in [-0.1, -0.05) is 54.6 Å². The van der Waals surface area contributed by atoms with Crippen molar-refractivity contribution in [1.29, 1.82) is 0 Å². The number of hydrogen-bond donors (Lipinski definition) is 0. The number of benzene rings is 2. The predicted molar refractivity (Wildman–Crippen MR) is 107 cm³/mol. The number of thioether (sulfide) groups is 1. The topological polar surface area (TPSA) is 63.9 Å². The monoisotopic (exact) mass is 399 g/mol. The summed E-state index contributed by atoms with van der Waals surface area (Å²) >= 11 is 1.24. The molecule has 0 unspecified atom stereocenters. The fourth-order valence-corrected chi connectivity index (χ4v) is 3.53. The Balaban J connectivity index is 1.66. The lowest BCUT2D eigenvalue weighted by Gasteiger charge is -2.22. The van der Waals surface area contributed by atoms with Gasteiger partial charge in [-0.05, 0) is 47.5 Å². The van der Waals surface area contributed by atoms with Crippen LogP contribution in [0, 0.1) is 12.7 Å². The molecule has 0 radical (unpaired) electrons. The van der Waals surface area contributed by atoms with E-state index in [-0.39, 0.29) is 17.5 Å². The van der Waals surface area contributed by atoms with Gasteiger partial charge >= 0.3 is 0 Å². The van der Waals surface area contributed by atoms with E-state index in [9.17, 15) is 9.18 Å². The van der Waals surface area contributed by atoms with Crippen molar-refractivity contribution in [3.63, 3.8) is 0 Å². The summed E-state index contributed by atoms with van der Waals surface area (Å²) in [4.78, 5) is 14.6. The average Bonchev–Trinajstić information content (AvgIpc) is 3.16. The summed E-state index contributed by atoms with van der Waals surface area (Å²) in [5.74, 6) is -0.143. The van der Waals surface area contributed by atoms with Crippen molar-refractivity contribution in [2.45, 2.75) is 32.0 Å². The number of halogens is 1. The molecule has 0 aliphatic heterocycles. The Kier molecular flexibility index (Phi) is 6.76. The van der Waals surface area contributed by atoms with E-state index in [0.717, 1.165) is 12.0 Å². The van der Waals surface area contributed by atoms with Gasteiger partial charge in [-0.25, -0.2) is 4.39 Å². The van der Waals surface area contributed by atoms with E-state index in [1.54, 1.807) is 12.1 Å². The van der Waals surface area contributed by atoms with E-state index < -0.39 is 0 Å². The molecule has 1 amide bonds. The third-order valence-corrected chi connectivity index (χ3v) is 5.06. The smallest absolute Gasteiger partial charge is 0.233 e. The van der Waals surface area contributed by atoms with E-state index >= 15 is 0 Å². The third kappa shape index (κ3) is 5.16. The number of tetrazole rings is 1. The first kappa shape index (κ1) is 20.0. The predicted octanol–water partition coefficient (Wildman–Crippen LogP) is 3.64. The molecule has 1 aromatic heterocycles. The molecule has 0 aliphatic carbocycles. The van der Waals surface area contributed by atoms with Crippen LogP contribution in [0.2, 0.25) is 0 Å². The molecule has 0 spiro atoms. The Morgan fingerprint density at radius 1 is 1.21 bits per heavy atom. The van der Waals surface area contributed by atoms with Crippen LogP contribution in [0.25, 0.3) is 5.69 Å². The number of carbonyl (C=O) groups excluding carboxylic acids is 1. The molecule has 0 bridgehead atoms. The van der Waals surface area contributed by atoms with Gasteiger partial charge < -0.3 is 4.90 Å². The summed E-state index contributed by atoms with van der Waals surface area (Å²) in [6, 6.07) is 14.2. The van der Waals surface area contributed by atoms with Crippen molar-refractivity contribution in [2.75, 3.05) is 12.3 Å². The zero-order valence-corrected chi connectivity index (χ0v) is 16.7. The van der Waals surface area contributed by atoms with Gasteiger partial charge in [0.25, 0.3) is 0 Å². The van der Waals surface area contributed by atoms with Gasteiger partial charge in [-0.15, -0.1) is 5.10 Å². The maximum atomic E-state index is 13.5. The summed E-state index contributed by atoms with van der Waals surface area (Å²) in [6.45, 7) is 5.34. The molecule has 2 aromatic carbocycles. The molecule has 3 aromatic rings. The second-order valence-electron chi connectivity index (χ2n) is 6.44. The van der Waals surface area contributed by atoms with Crippen molar-refractivity contribution >= 4 is 17.7 Å². The molecule has 0 aliphatic rings. The van der Waals surface area contributed by atoms with Crippen LogP contribution in [0.15, 0.2) is 53.7 Å². The van der Waals surface area contributed by atoms with Gasteiger partial charge in [0, 0.05) is 13.1 Å². The van der Waals surface area contributed by atoms with Gasteiger partial charge in [-0.2, -0.15) is 4.68 Å². The minimum Gasteiger partial charge on any atom is -0.338 e. The minimum atomic E-state index is -0.368. The number of amides is 1. The number of rotatable bonds is 8. The van der Waals surface area contributed by atoms with Gasteiger partial charge in [0.15, 0.2) is 0 Å². The highest BCUT2D eigenvalue weighted by Crippen LogP contribution is 2.20. The lowest BCUT2D eigenvalue weighted by molar-refractivity contribution is -0.129. The first-order chi connectivity index (χ1) is 13.6. The summed E-state index contributed by atoms with van der Waals surface area (Å²) in [6.07, 6.45) is 0.878. The molecular weight excluding hydrogens is 377 g/mol. The van der Waals surface area contributed by atoms with Crippen LogP contribution < -0.4 is 0 Å². The second kappa shape index (κ2) is 9.45. The fourth-order valence-electron chi connectivity index (χ4n) is 2.73. The summed E-state index contributed by atoms with van der Waals surface area (Å²) in [7, 11) is 0. The van der Waals surface area contributed by atoms with Crippen molar-refractivity contribution < 1.29 is 9.18 Å². The lowest BCUT2D eigenvalue weighted by atomic mass is 10.1. The summed E-state index contributed by atoms with van der Waals surface area (Å²) in [5, 5.41) is 12.0. The van der Waals surface area contributed by atoms with E-state index in [1.165, 1.54) is 34.1 Å². The molecule has 0 atom stereocenters. The highest BCUT2D eigenvalue weighted by Gasteiger charge is 2.17. The van der Waals surface area contributed by atoms with E-state index in [1.807, 2.05) is 43.0 Å². The third-order valence-electron chi connectivity index (χ3n) is 4.16. The van der Waals surface area contributed by atoms with Gasteiger partial charge in [-0.3, -0.25) is 4.79 Å². The van der Waals surface area contributed by atoms with Crippen molar-refractivity contribution in [2.24, 2.45) is 0 Å². The summed E-state index contributed by atoms with van der Waals surface area (Å²) in [5.41, 5.74) is 2.81. The largest absolute Gasteiger partial charge is 0.338 e. The highest BCUT2D eigenvalue weighted by molar-refractivity contribution is 7.99. The molecule has 8 heteroatoms. The van der Waals surface area contributed by atoms with E-state index in [2.05, 4.69) is 15.5 Å². The number of nitrogens with zero attached hydrogens (tertiary/aromatic N) is 5. The number of hydrogen-bond acceptors (Lipinski definition) is 5. The first-order valence-electron chi connectivity index (χ1n) is 9.07. The molecule has 0 N–H and O–H groups in total. The molecule has 0 saturated carbocycles. The molecule has 0 fully saturated rings. The maximum Gasteiger partial charge on any atom is 0.233 e. The average molecular weight is 399 g/mol. The standard InChI is InChI=1S/C20H22FN5OS/c1-3-11-25(13-16-9-7-15(2)8-10-16)19(27)14-28-20-22-23-24-26(20)18-6-4-5-17(21)12-18/h4-10,12H,3,11,13-14H2,1-2H3. The Labute approximate surface area is 167 Å². The van der Waals surface area contributed by atoms with Crippen LogP contribution in [-0.2, 0) is 11.3 Å². The van der Waals surface area contributed by atoms with Gasteiger partial charge in [0.2, 0.25) is 11.1 Å². The molecule has 0 saturated heterocycles. The number of carbonyl (C=O) groups is 1. The molecular formula is C20H22FN5OS. The van der Waals surface area contributed by atoms with Crippen molar-refractivity contribution in [1.82, 2.24) is 25.1 Å².